The summed E-state index contributed by atoms with van der Waals surface area (Å²) in [6.45, 7) is 9.49. The highest BCUT2D eigenvalue weighted by Crippen LogP contribution is 2.31. The molecule has 0 spiro atoms. The first kappa shape index (κ1) is 27.6. The first-order valence-corrected chi connectivity index (χ1v) is 13.3. The van der Waals surface area contributed by atoms with Gasteiger partial charge in [0.1, 0.15) is 5.82 Å². The van der Waals surface area contributed by atoms with Crippen LogP contribution in [-0.2, 0) is 6.54 Å². The minimum Gasteiger partial charge on any atom is -0.347 e. The summed E-state index contributed by atoms with van der Waals surface area (Å²) >= 11 is 0. The molecule has 9 heteroatoms. The average Bonchev–Trinajstić information content (AvgIpc) is 3.69. The zero-order valence-electron chi connectivity index (χ0n) is 22.5. The Labute approximate surface area is 224 Å². The van der Waals surface area contributed by atoms with Gasteiger partial charge < -0.3 is 20.9 Å². The van der Waals surface area contributed by atoms with E-state index >= 15 is 0 Å². The number of benzene rings is 2. The van der Waals surface area contributed by atoms with Crippen LogP contribution < -0.4 is 16.0 Å². The summed E-state index contributed by atoms with van der Waals surface area (Å²) in [6.07, 6.45) is 3.38. The molecule has 0 atom stereocenters. The minimum absolute atomic E-state index is 0.0497. The third-order valence-corrected chi connectivity index (χ3v) is 6.74. The predicted octanol–water partition coefficient (Wildman–Crippen LogP) is 4.23. The highest BCUT2D eigenvalue weighted by molar-refractivity contribution is 5.96. The molecular formula is C29H38FN5O3. The lowest BCUT2D eigenvalue weighted by Crippen LogP contribution is -2.48. The van der Waals surface area contributed by atoms with Crippen LogP contribution in [0.5, 0.6) is 0 Å². The Morgan fingerprint density at radius 3 is 2.37 bits per heavy atom. The summed E-state index contributed by atoms with van der Waals surface area (Å²) in [7, 11) is 0. The Bertz CT molecular complexity index is 1170. The molecule has 1 aliphatic carbocycles. The van der Waals surface area contributed by atoms with Gasteiger partial charge in [-0.25, -0.2) is 9.18 Å². The monoisotopic (exact) mass is 523 g/mol. The highest BCUT2D eigenvalue weighted by Gasteiger charge is 2.24. The molecule has 1 saturated heterocycles. The van der Waals surface area contributed by atoms with Crippen LogP contribution in [-0.4, -0.2) is 65.9 Å². The van der Waals surface area contributed by atoms with Crippen molar-refractivity contribution in [3.63, 3.8) is 0 Å². The van der Waals surface area contributed by atoms with Gasteiger partial charge in [-0.1, -0.05) is 25.0 Å². The third-order valence-electron chi connectivity index (χ3n) is 6.74. The van der Waals surface area contributed by atoms with Crippen molar-refractivity contribution >= 4 is 23.5 Å². The molecule has 0 unspecified atom stereocenters. The minimum atomic E-state index is -0.637. The first-order valence-electron chi connectivity index (χ1n) is 13.3. The smallest absolute Gasteiger partial charge is 0.319 e. The average molecular weight is 524 g/mol. The fraction of sp³-hybridized carbons (Fsp3) is 0.483. The summed E-state index contributed by atoms with van der Waals surface area (Å²) in [4.78, 5) is 41.5. The quantitative estimate of drug-likeness (QED) is 0.483. The van der Waals surface area contributed by atoms with Crippen LogP contribution in [0.3, 0.4) is 0 Å². The molecule has 1 heterocycles. The van der Waals surface area contributed by atoms with Crippen molar-refractivity contribution in [1.29, 1.82) is 0 Å². The Morgan fingerprint density at radius 1 is 0.974 bits per heavy atom. The van der Waals surface area contributed by atoms with Crippen molar-refractivity contribution in [2.45, 2.75) is 52.1 Å². The molecule has 38 heavy (non-hydrogen) atoms. The van der Waals surface area contributed by atoms with E-state index in [1.807, 2.05) is 45.0 Å². The van der Waals surface area contributed by atoms with Gasteiger partial charge in [0.15, 0.2) is 0 Å². The Balaban J connectivity index is 1.26. The maximum Gasteiger partial charge on any atom is 0.319 e. The number of piperazine rings is 1. The number of nitrogens with one attached hydrogen (secondary N) is 3. The van der Waals surface area contributed by atoms with Crippen molar-refractivity contribution in [3.05, 3.63) is 65.0 Å². The number of amides is 4. The van der Waals surface area contributed by atoms with Crippen LogP contribution in [0.4, 0.5) is 14.9 Å². The maximum atomic E-state index is 14.6. The molecule has 0 bridgehead atoms. The van der Waals surface area contributed by atoms with Crippen LogP contribution >= 0.6 is 0 Å². The van der Waals surface area contributed by atoms with Crippen LogP contribution in [0.1, 0.15) is 66.3 Å². The topological polar surface area (TPSA) is 93.8 Å². The SMILES string of the molecule is CC(C)(C)NC(=O)c1cccc(CN2CCN(C(=O)c3ccc(NC(=O)NCCC4CC4)c(F)c3)CC2)c1. The molecule has 1 saturated carbocycles. The second kappa shape index (κ2) is 11.9. The van der Waals surface area contributed by atoms with E-state index in [9.17, 15) is 18.8 Å². The third kappa shape index (κ3) is 8.02. The van der Waals surface area contributed by atoms with Gasteiger partial charge in [-0.05, 0) is 69.0 Å². The Kier molecular flexibility index (Phi) is 8.66. The van der Waals surface area contributed by atoms with Gasteiger partial charge in [0.25, 0.3) is 11.8 Å². The van der Waals surface area contributed by atoms with Gasteiger partial charge in [0, 0.05) is 55.9 Å². The van der Waals surface area contributed by atoms with E-state index < -0.39 is 11.8 Å². The molecule has 204 valence electrons. The lowest BCUT2D eigenvalue weighted by atomic mass is 10.1. The van der Waals surface area contributed by atoms with E-state index in [1.165, 1.54) is 25.0 Å². The van der Waals surface area contributed by atoms with Gasteiger partial charge in [0.05, 0.1) is 5.69 Å². The van der Waals surface area contributed by atoms with Gasteiger partial charge >= 0.3 is 6.03 Å². The second-order valence-electron chi connectivity index (χ2n) is 11.3. The number of halogens is 1. The number of hydrogen-bond donors (Lipinski definition) is 3. The van der Waals surface area contributed by atoms with Gasteiger partial charge in [0.2, 0.25) is 0 Å². The van der Waals surface area contributed by atoms with E-state index in [1.54, 1.807) is 11.0 Å². The largest absolute Gasteiger partial charge is 0.347 e. The lowest BCUT2D eigenvalue weighted by Gasteiger charge is -2.35. The fourth-order valence-corrected chi connectivity index (χ4v) is 4.49. The lowest BCUT2D eigenvalue weighted by molar-refractivity contribution is 0.0627. The number of anilines is 1. The van der Waals surface area contributed by atoms with Crippen molar-refractivity contribution < 1.29 is 18.8 Å². The summed E-state index contributed by atoms with van der Waals surface area (Å²) in [5.74, 6) is -0.263. The standard InChI is InChI=1S/C29H38FN5O3/c1-29(2,3)33-26(36)22-6-4-5-21(17-22)19-34-13-15-35(16-14-34)27(37)23-9-10-25(24(30)18-23)32-28(38)31-12-11-20-7-8-20/h4-6,9-10,17-18,20H,7-8,11-16,19H2,1-3H3,(H,33,36)(H2,31,32,38). The second-order valence-corrected chi connectivity index (χ2v) is 11.3. The zero-order valence-corrected chi connectivity index (χ0v) is 22.5. The summed E-state index contributed by atoms with van der Waals surface area (Å²) in [5.41, 5.74) is 1.66. The number of urea groups is 1. The summed E-state index contributed by atoms with van der Waals surface area (Å²) < 4.78 is 14.6. The molecule has 0 radical (unpaired) electrons. The molecule has 4 amide bonds. The Morgan fingerprint density at radius 2 is 1.71 bits per heavy atom. The molecule has 2 fully saturated rings. The van der Waals surface area contributed by atoms with Gasteiger partial charge in [-0.2, -0.15) is 0 Å². The first-order chi connectivity index (χ1) is 18.1. The number of hydrogen-bond acceptors (Lipinski definition) is 4. The van der Waals surface area contributed by atoms with Crippen molar-refractivity contribution in [2.75, 3.05) is 38.0 Å². The van der Waals surface area contributed by atoms with E-state index in [0.717, 1.165) is 12.0 Å². The number of carbonyl (C=O) groups excluding carboxylic acids is 3. The molecular weight excluding hydrogens is 485 g/mol. The van der Waals surface area contributed by atoms with Crippen molar-refractivity contribution in [1.82, 2.24) is 20.4 Å². The van der Waals surface area contributed by atoms with E-state index in [-0.39, 0.29) is 28.6 Å². The van der Waals surface area contributed by atoms with E-state index in [2.05, 4.69) is 20.9 Å². The predicted molar refractivity (Wildman–Crippen MR) is 146 cm³/mol. The fourth-order valence-electron chi connectivity index (χ4n) is 4.49. The normalized spacial score (nSPS) is 16.2. The Hall–Kier alpha value is -3.46. The van der Waals surface area contributed by atoms with Gasteiger partial charge in [-0.3, -0.25) is 14.5 Å². The van der Waals surface area contributed by atoms with Crippen molar-refractivity contribution in [2.24, 2.45) is 5.92 Å². The summed E-state index contributed by atoms with van der Waals surface area (Å²) in [5, 5.41) is 8.24. The molecule has 0 aromatic heterocycles. The van der Waals surface area contributed by atoms with Crippen LogP contribution in [0.2, 0.25) is 0 Å². The molecule has 4 rings (SSSR count). The highest BCUT2D eigenvalue weighted by atomic mass is 19.1. The number of rotatable bonds is 8. The van der Waals surface area contributed by atoms with E-state index in [0.29, 0.717) is 50.7 Å². The molecule has 1 aliphatic heterocycles. The summed E-state index contributed by atoms with van der Waals surface area (Å²) in [6, 6.07) is 11.3. The van der Waals surface area contributed by atoms with Gasteiger partial charge in [-0.15, -0.1) is 0 Å². The number of nitrogens with zero attached hydrogens (tertiary/aromatic N) is 2. The molecule has 3 N–H and O–H groups in total. The molecule has 8 nitrogen and oxygen atoms in total. The molecule has 2 aromatic carbocycles. The number of carbonyl (C=O) groups is 3. The maximum absolute atomic E-state index is 14.6. The van der Waals surface area contributed by atoms with Crippen molar-refractivity contribution in [3.8, 4) is 0 Å². The molecule has 2 aliphatic rings. The van der Waals surface area contributed by atoms with Crippen LogP contribution in [0.15, 0.2) is 42.5 Å². The van der Waals surface area contributed by atoms with Crippen LogP contribution in [0.25, 0.3) is 0 Å². The molecule has 2 aromatic rings. The van der Waals surface area contributed by atoms with Crippen LogP contribution in [0, 0.1) is 11.7 Å². The zero-order chi connectivity index (χ0) is 27.3. The van der Waals surface area contributed by atoms with E-state index in [4.69, 9.17) is 0 Å².